The van der Waals surface area contributed by atoms with Crippen molar-refractivity contribution in [3.63, 3.8) is 0 Å². The van der Waals surface area contributed by atoms with Crippen molar-refractivity contribution in [2.75, 3.05) is 0 Å². The van der Waals surface area contributed by atoms with Crippen LogP contribution in [0.2, 0.25) is 0 Å². The van der Waals surface area contributed by atoms with Crippen LogP contribution in [0, 0.1) is 0 Å². The van der Waals surface area contributed by atoms with Gasteiger partial charge in [-0.2, -0.15) is 0 Å². The average molecular weight is 650 g/mol. The molecule has 0 aliphatic carbocycles. The second kappa shape index (κ2) is 15.3. The van der Waals surface area contributed by atoms with Crippen molar-refractivity contribution in [3.8, 4) is 33.8 Å². The summed E-state index contributed by atoms with van der Waals surface area (Å²) < 4.78 is 0. The van der Waals surface area contributed by atoms with Gasteiger partial charge in [0.25, 0.3) is 0 Å². The standard InChI is InChI=1S/C47H43N3/c1-47(2,43-24-27-46(50-34-43)42-16-10-5-11-17-42)31-39-29-37(20-18-35-22-25-44(48-32-35)40-12-6-3-7-13-40)28-38(30-39)21-19-36-23-26-45(49-33-36)41-14-8-4-9-15-41/h3-17,22-30,32-34H,18-21,31H2,1-2H3. The summed E-state index contributed by atoms with van der Waals surface area (Å²) in [6.07, 6.45) is 10.9. The van der Waals surface area contributed by atoms with Crippen molar-refractivity contribution in [3.05, 3.63) is 198 Å². The third-order valence-corrected chi connectivity index (χ3v) is 9.57. The maximum atomic E-state index is 4.86. The van der Waals surface area contributed by atoms with Crippen LogP contribution in [0.1, 0.15) is 47.2 Å². The van der Waals surface area contributed by atoms with Crippen LogP contribution in [0.5, 0.6) is 0 Å². The van der Waals surface area contributed by atoms with Crippen LogP contribution in [-0.4, -0.2) is 15.0 Å². The Balaban J connectivity index is 1.09. The molecule has 0 amide bonds. The summed E-state index contributed by atoms with van der Waals surface area (Å²) in [5.41, 5.74) is 14.3. The molecule has 4 aromatic carbocycles. The molecule has 7 aromatic rings. The Morgan fingerprint density at radius 3 is 1.14 bits per heavy atom. The first-order valence-corrected chi connectivity index (χ1v) is 17.6. The lowest BCUT2D eigenvalue weighted by atomic mass is 9.79. The second-order valence-electron chi connectivity index (χ2n) is 13.9. The van der Waals surface area contributed by atoms with Crippen LogP contribution in [0.3, 0.4) is 0 Å². The third-order valence-electron chi connectivity index (χ3n) is 9.57. The summed E-state index contributed by atoms with van der Waals surface area (Å²) in [5.74, 6) is 0. The van der Waals surface area contributed by atoms with Crippen LogP contribution >= 0.6 is 0 Å². The van der Waals surface area contributed by atoms with E-state index in [9.17, 15) is 0 Å². The number of aromatic nitrogens is 3. The Morgan fingerprint density at radius 2 is 0.760 bits per heavy atom. The molecule has 0 aliphatic rings. The fraction of sp³-hybridized carbons (Fsp3) is 0.170. The smallest absolute Gasteiger partial charge is 0.0702 e. The lowest BCUT2D eigenvalue weighted by Gasteiger charge is -2.26. The van der Waals surface area contributed by atoms with Gasteiger partial charge in [-0.25, -0.2) is 0 Å². The van der Waals surface area contributed by atoms with Gasteiger partial charge in [0.15, 0.2) is 0 Å². The van der Waals surface area contributed by atoms with E-state index in [2.05, 4.69) is 147 Å². The molecular formula is C47H43N3. The van der Waals surface area contributed by atoms with Gasteiger partial charge in [-0.05, 0) is 89.1 Å². The average Bonchev–Trinajstić information content (AvgIpc) is 3.17. The summed E-state index contributed by atoms with van der Waals surface area (Å²) in [6.45, 7) is 4.66. The molecule has 3 heterocycles. The summed E-state index contributed by atoms with van der Waals surface area (Å²) in [4.78, 5) is 14.4. The Morgan fingerprint density at radius 1 is 0.380 bits per heavy atom. The Hall–Kier alpha value is -5.67. The summed E-state index contributed by atoms with van der Waals surface area (Å²) in [6, 6.07) is 51.5. The molecule has 0 bridgehead atoms. The van der Waals surface area contributed by atoms with Gasteiger partial charge >= 0.3 is 0 Å². The molecule has 0 saturated carbocycles. The van der Waals surface area contributed by atoms with Crippen molar-refractivity contribution in [2.45, 2.75) is 51.4 Å². The number of pyridine rings is 3. The van der Waals surface area contributed by atoms with Crippen molar-refractivity contribution >= 4 is 0 Å². The van der Waals surface area contributed by atoms with Gasteiger partial charge in [0, 0.05) is 35.3 Å². The van der Waals surface area contributed by atoms with Gasteiger partial charge in [-0.15, -0.1) is 0 Å². The third kappa shape index (κ3) is 8.30. The van der Waals surface area contributed by atoms with E-state index in [1.807, 2.05) is 30.6 Å². The fourth-order valence-corrected chi connectivity index (χ4v) is 6.70. The molecule has 0 spiro atoms. The SMILES string of the molecule is CC(C)(Cc1cc(CCc2ccc(-c3ccccc3)nc2)cc(CCc2ccc(-c3ccccc3)nc2)c1)c1ccc(-c2ccccc2)nc1. The molecule has 0 atom stereocenters. The lowest BCUT2D eigenvalue weighted by Crippen LogP contribution is -2.21. The zero-order valence-electron chi connectivity index (χ0n) is 29.0. The number of hydrogen-bond acceptors (Lipinski definition) is 3. The predicted octanol–water partition coefficient (Wildman–Crippen LogP) is 11.0. The van der Waals surface area contributed by atoms with Crippen LogP contribution in [0.15, 0.2) is 164 Å². The highest BCUT2D eigenvalue weighted by Crippen LogP contribution is 2.30. The van der Waals surface area contributed by atoms with Crippen molar-refractivity contribution in [2.24, 2.45) is 0 Å². The van der Waals surface area contributed by atoms with E-state index in [0.717, 1.165) is 65.9 Å². The number of aryl methyl sites for hydroxylation is 4. The van der Waals surface area contributed by atoms with E-state index < -0.39 is 0 Å². The first-order chi connectivity index (χ1) is 24.5. The second-order valence-corrected chi connectivity index (χ2v) is 13.9. The quantitative estimate of drug-likeness (QED) is 0.132. The molecule has 0 unspecified atom stereocenters. The van der Waals surface area contributed by atoms with Gasteiger partial charge in [-0.1, -0.05) is 141 Å². The number of hydrogen-bond donors (Lipinski definition) is 0. The Bertz CT molecular complexity index is 2000. The molecule has 50 heavy (non-hydrogen) atoms. The van der Waals surface area contributed by atoms with Gasteiger partial charge in [0.2, 0.25) is 0 Å². The highest BCUT2D eigenvalue weighted by atomic mass is 14.7. The van der Waals surface area contributed by atoms with Gasteiger partial charge < -0.3 is 0 Å². The maximum absolute atomic E-state index is 4.86. The highest BCUT2D eigenvalue weighted by molar-refractivity contribution is 5.60. The summed E-state index contributed by atoms with van der Waals surface area (Å²) >= 11 is 0. The minimum atomic E-state index is -0.0769. The zero-order chi connectivity index (χ0) is 34.2. The van der Waals surface area contributed by atoms with E-state index >= 15 is 0 Å². The summed E-state index contributed by atoms with van der Waals surface area (Å²) in [5, 5.41) is 0. The van der Waals surface area contributed by atoms with Crippen LogP contribution < -0.4 is 0 Å². The minimum absolute atomic E-state index is 0.0769. The van der Waals surface area contributed by atoms with Crippen LogP contribution in [0.4, 0.5) is 0 Å². The molecule has 0 fully saturated rings. The number of benzene rings is 4. The monoisotopic (exact) mass is 649 g/mol. The maximum Gasteiger partial charge on any atom is 0.0702 e. The number of rotatable bonds is 12. The molecule has 3 heteroatoms. The van der Waals surface area contributed by atoms with Gasteiger partial charge in [-0.3, -0.25) is 15.0 Å². The molecule has 0 N–H and O–H groups in total. The zero-order valence-corrected chi connectivity index (χ0v) is 29.0. The van der Waals surface area contributed by atoms with E-state index in [-0.39, 0.29) is 5.41 Å². The Labute approximate surface area is 296 Å². The molecule has 0 radical (unpaired) electrons. The highest BCUT2D eigenvalue weighted by Gasteiger charge is 2.22. The molecule has 246 valence electrons. The number of nitrogens with zero attached hydrogens (tertiary/aromatic N) is 3. The Kier molecular flexibility index (Phi) is 10.0. The largest absolute Gasteiger partial charge is 0.256 e. The lowest BCUT2D eigenvalue weighted by molar-refractivity contribution is 0.520. The van der Waals surface area contributed by atoms with Gasteiger partial charge in [0.05, 0.1) is 17.1 Å². The fourth-order valence-electron chi connectivity index (χ4n) is 6.70. The molecule has 3 aromatic heterocycles. The summed E-state index contributed by atoms with van der Waals surface area (Å²) in [7, 11) is 0. The van der Waals surface area contributed by atoms with Crippen LogP contribution in [-0.2, 0) is 37.5 Å². The van der Waals surface area contributed by atoms with Crippen LogP contribution in [0.25, 0.3) is 33.8 Å². The van der Waals surface area contributed by atoms with Crippen molar-refractivity contribution in [1.29, 1.82) is 0 Å². The van der Waals surface area contributed by atoms with E-state index in [4.69, 9.17) is 15.0 Å². The van der Waals surface area contributed by atoms with E-state index in [0.29, 0.717) is 0 Å². The normalized spacial score (nSPS) is 11.4. The van der Waals surface area contributed by atoms with Gasteiger partial charge in [0.1, 0.15) is 0 Å². The minimum Gasteiger partial charge on any atom is -0.256 e. The van der Waals surface area contributed by atoms with Crippen molar-refractivity contribution < 1.29 is 0 Å². The molecule has 3 nitrogen and oxygen atoms in total. The topological polar surface area (TPSA) is 38.7 Å². The van der Waals surface area contributed by atoms with E-state index in [1.54, 1.807) is 0 Å². The van der Waals surface area contributed by atoms with Crippen molar-refractivity contribution in [1.82, 2.24) is 15.0 Å². The first kappa shape index (κ1) is 32.9. The molecule has 0 saturated heterocycles. The molecule has 0 aliphatic heterocycles. The predicted molar refractivity (Wildman–Crippen MR) is 207 cm³/mol. The first-order valence-electron chi connectivity index (χ1n) is 17.6. The molecular weight excluding hydrogens is 607 g/mol. The van der Waals surface area contributed by atoms with E-state index in [1.165, 1.54) is 33.4 Å². The molecule has 7 rings (SSSR count).